The van der Waals surface area contributed by atoms with E-state index in [1.807, 2.05) is 20.8 Å². The molecule has 0 aliphatic heterocycles. The smallest absolute Gasteiger partial charge is 0.395 e. The van der Waals surface area contributed by atoms with E-state index in [9.17, 15) is 31.1 Å². The van der Waals surface area contributed by atoms with E-state index in [-0.39, 0.29) is 6.08 Å². The average Bonchev–Trinajstić information content (AvgIpc) is 2.54. The van der Waals surface area contributed by atoms with Crippen molar-refractivity contribution < 1.29 is 49.2 Å². The molecule has 0 bridgehead atoms. The minimum Gasteiger partial charge on any atom is -0.395 e. The van der Waals surface area contributed by atoms with E-state index in [0.29, 0.717) is 19.8 Å². The first kappa shape index (κ1) is 27.8. The summed E-state index contributed by atoms with van der Waals surface area (Å²) >= 11 is 0. The first-order valence-electron chi connectivity index (χ1n) is 7.82. The van der Waals surface area contributed by atoms with Gasteiger partial charge in [-0.1, -0.05) is 13.2 Å². The van der Waals surface area contributed by atoms with Crippen LogP contribution < -0.4 is 0 Å². The minimum atomic E-state index is -5.11. The molecule has 27 heavy (non-hydrogen) atoms. The summed E-state index contributed by atoms with van der Waals surface area (Å²) in [5.41, 5.74) is 1.67. The molecule has 0 N–H and O–H groups in total. The number of halogens is 6. The van der Waals surface area contributed by atoms with Gasteiger partial charge in [0.15, 0.2) is 0 Å². The first-order chi connectivity index (χ1) is 12.3. The minimum absolute atomic E-state index is 0.286. The zero-order valence-electron chi connectivity index (χ0n) is 15.3. The second kappa shape index (κ2) is 12.9. The molecular formula is C15H24F6O5Si. The number of esters is 1. The van der Waals surface area contributed by atoms with Crippen LogP contribution in [-0.4, -0.2) is 53.1 Å². The van der Waals surface area contributed by atoms with E-state index in [4.69, 9.17) is 13.3 Å². The van der Waals surface area contributed by atoms with Gasteiger partial charge in [-0.15, -0.1) is 0 Å². The van der Waals surface area contributed by atoms with Gasteiger partial charge in [-0.2, -0.15) is 22.0 Å². The molecule has 0 aliphatic rings. The third-order valence-electron chi connectivity index (χ3n) is 2.47. The second-order valence-corrected chi connectivity index (χ2v) is 7.06. The van der Waals surface area contributed by atoms with Crippen LogP contribution in [0.5, 0.6) is 0 Å². The van der Waals surface area contributed by atoms with E-state index in [1.54, 1.807) is 5.70 Å². The molecule has 0 fully saturated rings. The first-order valence-corrected chi connectivity index (χ1v) is 9.62. The van der Waals surface area contributed by atoms with Crippen LogP contribution in [0.3, 0.4) is 0 Å². The van der Waals surface area contributed by atoms with Gasteiger partial charge >= 0.3 is 27.1 Å². The Kier molecular flexibility index (Phi) is 13.3. The van der Waals surface area contributed by atoms with Crippen LogP contribution in [0.25, 0.3) is 0 Å². The van der Waals surface area contributed by atoms with Crippen LogP contribution in [0.4, 0.5) is 26.3 Å². The Morgan fingerprint density at radius 2 is 1.41 bits per heavy atom. The van der Waals surface area contributed by atoms with Crippen molar-refractivity contribution in [2.24, 2.45) is 0 Å². The zero-order valence-corrected chi connectivity index (χ0v) is 16.3. The summed E-state index contributed by atoms with van der Waals surface area (Å²) < 4.78 is 91.2. The molecule has 0 aromatic carbocycles. The van der Waals surface area contributed by atoms with Crippen LogP contribution in [0.2, 0.25) is 0 Å². The van der Waals surface area contributed by atoms with Crippen molar-refractivity contribution in [1.29, 1.82) is 0 Å². The Morgan fingerprint density at radius 1 is 1.00 bits per heavy atom. The lowest BCUT2D eigenvalue weighted by Crippen LogP contribution is -2.44. The highest BCUT2D eigenvalue weighted by Crippen LogP contribution is 2.32. The lowest BCUT2D eigenvalue weighted by Gasteiger charge is -2.24. The van der Waals surface area contributed by atoms with Gasteiger partial charge in [0.05, 0.1) is 6.42 Å². The third-order valence-corrected chi connectivity index (χ3v) is 5.04. The Hall–Kier alpha value is -1.37. The van der Waals surface area contributed by atoms with Crippen molar-refractivity contribution in [2.45, 2.75) is 45.6 Å². The monoisotopic (exact) mass is 426 g/mol. The molecule has 5 nitrogen and oxygen atoms in total. The van der Waals surface area contributed by atoms with Gasteiger partial charge in [-0.3, -0.25) is 0 Å². The normalized spacial score (nSPS) is 13.2. The molecule has 12 heteroatoms. The highest BCUT2D eigenvalue weighted by atomic mass is 28.4. The van der Waals surface area contributed by atoms with Gasteiger partial charge in [0.1, 0.15) is 0 Å². The van der Waals surface area contributed by atoms with Gasteiger partial charge in [0, 0.05) is 25.9 Å². The van der Waals surface area contributed by atoms with Crippen molar-refractivity contribution in [3.63, 3.8) is 0 Å². The van der Waals surface area contributed by atoms with Gasteiger partial charge < -0.3 is 18.0 Å². The van der Waals surface area contributed by atoms with E-state index in [1.165, 1.54) is 0 Å². The SMILES string of the molecule is C=CC(=O)OC(F)(F)C(F)CC(F)(F)F.C=C[Si](OCC)(OCC)OCC. The Bertz CT molecular complexity index is 441. The molecule has 1 unspecified atom stereocenters. The molecule has 0 heterocycles. The van der Waals surface area contributed by atoms with E-state index < -0.39 is 39.7 Å². The van der Waals surface area contributed by atoms with Crippen molar-refractivity contribution in [1.82, 2.24) is 0 Å². The van der Waals surface area contributed by atoms with Crippen molar-refractivity contribution in [2.75, 3.05) is 19.8 Å². The molecule has 0 radical (unpaired) electrons. The van der Waals surface area contributed by atoms with Crippen molar-refractivity contribution in [3.05, 3.63) is 24.9 Å². The maximum Gasteiger partial charge on any atom is 0.528 e. The molecule has 0 spiro atoms. The van der Waals surface area contributed by atoms with Crippen molar-refractivity contribution >= 4 is 14.8 Å². The molecule has 0 saturated carbocycles. The van der Waals surface area contributed by atoms with Gasteiger partial charge in [-0.05, 0) is 26.5 Å². The summed E-state index contributed by atoms with van der Waals surface area (Å²) in [5, 5.41) is 0. The fraction of sp³-hybridized carbons (Fsp3) is 0.667. The van der Waals surface area contributed by atoms with Crippen LogP contribution in [-0.2, 0) is 22.8 Å². The largest absolute Gasteiger partial charge is 0.528 e. The second-order valence-electron chi connectivity index (χ2n) is 4.58. The van der Waals surface area contributed by atoms with E-state index >= 15 is 0 Å². The molecule has 0 aromatic rings. The summed E-state index contributed by atoms with van der Waals surface area (Å²) in [6, 6.07) is 0. The van der Waals surface area contributed by atoms with Crippen LogP contribution in [0.15, 0.2) is 24.9 Å². The quantitative estimate of drug-likeness (QED) is 0.213. The number of hydrogen-bond acceptors (Lipinski definition) is 5. The summed E-state index contributed by atoms with van der Waals surface area (Å²) in [7, 11) is -2.51. The Labute approximate surface area is 155 Å². The lowest BCUT2D eigenvalue weighted by atomic mass is 10.2. The van der Waals surface area contributed by atoms with Crippen LogP contribution >= 0.6 is 0 Å². The fourth-order valence-corrected chi connectivity index (χ4v) is 3.28. The number of alkyl halides is 6. The average molecular weight is 426 g/mol. The number of carbonyl (C=O) groups is 1. The molecule has 160 valence electrons. The molecule has 0 aromatic heterocycles. The summed E-state index contributed by atoms with van der Waals surface area (Å²) in [6.07, 6.45) is -15.7. The number of hydrogen-bond donors (Lipinski definition) is 0. The maximum atomic E-state index is 12.4. The fourth-order valence-electron chi connectivity index (χ4n) is 1.47. The topological polar surface area (TPSA) is 54.0 Å². The molecular weight excluding hydrogens is 402 g/mol. The highest BCUT2D eigenvalue weighted by molar-refractivity contribution is 6.66. The van der Waals surface area contributed by atoms with E-state index in [0.717, 1.165) is 0 Å². The Morgan fingerprint density at radius 3 is 1.67 bits per heavy atom. The lowest BCUT2D eigenvalue weighted by molar-refractivity contribution is -0.274. The standard InChI is InChI=1S/C8H18O3Si.C7H6F6O2/c1-5-9-12(8-4,10-6-2)11-7-3;1-2-5(14)15-7(12,13)4(8)3-6(9,10)11/h8H,4-7H2,1-3H3;2,4H,1,3H2. The van der Waals surface area contributed by atoms with Gasteiger partial charge in [0.25, 0.3) is 0 Å². The third kappa shape index (κ3) is 12.6. The maximum absolute atomic E-state index is 12.4. The summed E-state index contributed by atoms with van der Waals surface area (Å²) in [4.78, 5) is 10.2. The summed E-state index contributed by atoms with van der Waals surface area (Å²) in [5.74, 6) is -1.70. The molecule has 0 aliphatic carbocycles. The zero-order chi connectivity index (χ0) is 21.7. The van der Waals surface area contributed by atoms with Crippen molar-refractivity contribution in [3.8, 4) is 0 Å². The molecule has 0 amide bonds. The predicted octanol–water partition coefficient (Wildman–Crippen LogP) is 4.36. The molecule has 0 rings (SSSR count). The summed E-state index contributed by atoms with van der Waals surface area (Å²) in [6.45, 7) is 13.9. The molecule has 0 saturated heterocycles. The van der Waals surface area contributed by atoms with E-state index in [2.05, 4.69) is 17.9 Å². The van der Waals surface area contributed by atoms with Gasteiger partial charge in [0.2, 0.25) is 6.17 Å². The highest BCUT2D eigenvalue weighted by Gasteiger charge is 2.49. The number of rotatable bonds is 11. The number of carbonyl (C=O) groups excluding carboxylic acids is 1. The van der Waals surface area contributed by atoms with Crippen LogP contribution in [0.1, 0.15) is 27.2 Å². The molecule has 1 atom stereocenters. The predicted molar refractivity (Wildman–Crippen MR) is 87.6 cm³/mol. The Balaban J connectivity index is 0. The van der Waals surface area contributed by atoms with Gasteiger partial charge in [-0.25, -0.2) is 9.18 Å². The number of ether oxygens (including phenoxy) is 1. The van der Waals surface area contributed by atoms with Crippen LogP contribution in [0, 0.1) is 0 Å².